The summed E-state index contributed by atoms with van der Waals surface area (Å²) in [5, 5.41) is 5.56. The standard InChI is InChI=1S/C20H22N2O5S2/c1-3-27-20(25)22-18(24)17-14-5-4-6-15(14)29-19(17)21-16(23)11-28-13-9-7-12(26-2)8-10-13/h7-10H,3-6,11H2,1-2H3,(H,21,23)(H,22,24,25). The Balaban J connectivity index is 1.67. The SMILES string of the molecule is CCOC(=O)NC(=O)c1c(NC(=O)CSc2ccc(OC)cc2)sc2c1CCC2. The van der Waals surface area contributed by atoms with Gasteiger partial charge in [0.15, 0.2) is 0 Å². The Kier molecular flexibility index (Phi) is 7.16. The van der Waals surface area contributed by atoms with Crippen LogP contribution in [-0.4, -0.2) is 37.4 Å². The quantitative estimate of drug-likeness (QED) is 0.643. The molecular formula is C20H22N2O5S2. The Hall–Kier alpha value is -2.52. The molecule has 7 nitrogen and oxygen atoms in total. The molecule has 0 radical (unpaired) electrons. The van der Waals surface area contributed by atoms with Gasteiger partial charge < -0.3 is 14.8 Å². The van der Waals surface area contributed by atoms with E-state index in [1.165, 1.54) is 23.1 Å². The molecule has 1 aliphatic carbocycles. The van der Waals surface area contributed by atoms with Crippen LogP contribution < -0.4 is 15.4 Å². The molecule has 0 saturated heterocycles. The molecule has 9 heteroatoms. The summed E-state index contributed by atoms with van der Waals surface area (Å²) in [6.45, 7) is 1.84. The smallest absolute Gasteiger partial charge is 0.414 e. The number of hydrogen-bond acceptors (Lipinski definition) is 7. The van der Waals surface area contributed by atoms with E-state index in [-0.39, 0.29) is 18.3 Å². The molecule has 1 heterocycles. The third-order valence-corrected chi connectivity index (χ3v) is 6.54. The highest BCUT2D eigenvalue weighted by molar-refractivity contribution is 8.00. The molecule has 1 aromatic carbocycles. The second-order valence-corrected chi connectivity index (χ2v) is 8.40. The van der Waals surface area contributed by atoms with Crippen molar-refractivity contribution in [2.75, 3.05) is 24.8 Å². The fourth-order valence-electron chi connectivity index (χ4n) is 3.04. The van der Waals surface area contributed by atoms with Crippen molar-refractivity contribution in [1.29, 1.82) is 0 Å². The molecule has 3 amide bonds. The van der Waals surface area contributed by atoms with E-state index in [9.17, 15) is 14.4 Å². The number of hydrogen-bond donors (Lipinski definition) is 2. The van der Waals surface area contributed by atoms with Gasteiger partial charge in [-0.15, -0.1) is 23.1 Å². The molecule has 0 spiro atoms. The number of carbonyl (C=O) groups excluding carboxylic acids is 3. The van der Waals surface area contributed by atoms with Crippen LogP contribution in [0.3, 0.4) is 0 Å². The Morgan fingerprint density at radius 1 is 1.17 bits per heavy atom. The minimum absolute atomic E-state index is 0.174. The second kappa shape index (κ2) is 9.80. The fraction of sp³-hybridized carbons (Fsp3) is 0.350. The maximum Gasteiger partial charge on any atom is 0.414 e. The molecule has 1 aromatic heterocycles. The predicted octanol–water partition coefficient (Wildman–Crippen LogP) is 3.86. The van der Waals surface area contributed by atoms with E-state index >= 15 is 0 Å². The number of methoxy groups -OCH3 is 1. The number of alkyl carbamates (subject to hydrolysis) is 1. The number of imide groups is 1. The largest absolute Gasteiger partial charge is 0.497 e. The average molecular weight is 435 g/mol. The topological polar surface area (TPSA) is 93.7 Å². The number of anilines is 1. The highest BCUT2D eigenvalue weighted by atomic mass is 32.2. The van der Waals surface area contributed by atoms with Gasteiger partial charge in [-0.25, -0.2) is 4.79 Å². The maximum atomic E-state index is 12.6. The first-order valence-corrected chi connectivity index (χ1v) is 11.0. The lowest BCUT2D eigenvalue weighted by molar-refractivity contribution is -0.113. The monoisotopic (exact) mass is 434 g/mol. The third-order valence-electron chi connectivity index (χ3n) is 4.32. The summed E-state index contributed by atoms with van der Waals surface area (Å²) in [5.74, 6) is 0.203. The summed E-state index contributed by atoms with van der Waals surface area (Å²) >= 11 is 2.79. The highest BCUT2D eigenvalue weighted by Crippen LogP contribution is 2.39. The van der Waals surface area contributed by atoms with Crippen LogP contribution in [0.2, 0.25) is 0 Å². The molecule has 29 heavy (non-hydrogen) atoms. The van der Waals surface area contributed by atoms with Crippen LogP contribution in [0.25, 0.3) is 0 Å². The van der Waals surface area contributed by atoms with Crippen LogP contribution in [0, 0.1) is 0 Å². The summed E-state index contributed by atoms with van der Waals surface area (Å²) in [7, 11) is 1.60. The number of benzene rings is 1. The van der Waals surface area contributed by atoms with Crippen LogP contribution in [0.5, 0.6) is 5.75 Å². The molecule has 3 rings (SSSR count). The summed E-state index contributed by atoms with van der Waals surface area (Å²) in [6, 6.07) is 7.44. The van der Waals surface area contributed by atoms with Crippen molar-refractivity contribution >= 4 is 46.0 Å². The Bertz CT molecular complexity index is 908. The van der Waals surface area contributed by atoms with Gasteiger partial charge in [0.2, 0.25) is 5.91 Å². The number of amides is 3. The minimum atomic E-state index is -0.789. The number of fused-ring (bicyclic) bond motifs is 1. The van der Waals surface area contributed by atoms with Gasteiger partial charge in [-0.05, 0) is 56.0 Å². The van der Waals surface area contributed by atoms with E-state index in [1.807, 2.05) is 24.3 Å². The molecule has 0 aliphatic heterocycles. The zero-order valence-corrected chi connectivity index (χ0v) is 17.8. The number of thiophene rings is 1. The molecular weight excluding hydrogens is 412 g/mol. The average Bonchev–Trinajstić information content (AvgIpc) is 3.27. The van der Waals surface area contributed by atoms with Crippen molar-refractivity contribution in [1.82, 2.24) is 5.32 Å². The van der Waals surface area contributed by atoms with Crippen LogP contribution in [0.1, 0.15) is 34.1 Å². The van der Waals surface area contributed by atoms with Gasteiger partial charge in [0, 0.05) is 9.77 Å². The lowest BCUT2D eigenvalue weighted by Gasteiger charge is -2.09. The number of aryl methyl sites for hydroxylation is 1. The molecule has 0 saturated carbocycles. The van der Waals surface area contributed by atoms with E-state index in [1.54, 1.807) is 14.0 Å². The van der Waals surface area contributed by atoms with E-state index in [4.69, 9.17) is 9.47 Å². The molecule has 0 bridgehead atoms. The lowest BCUT2D eigenvalue weighted by Crippen LogP contribution is -2.32. The molecule has 2 aromatic rings. The van der Waals surface area contributed by atoms with Gasteiger partial charge in [0.25, 0.3) is 5.91 Å². The van der Waals surface area contributed by atoms with Crippen molar-refractivity contribution < 1.29 is 23.9 Å². The van der Waals surface area contributed by atoms with Crippen LogP contribution in [0.15, 0.2) is 29.2 Å². The third kappa shape index (κ3) is 5.30. The fourth-order valence-corrected chi connectivity index (χ4v) is 5.04. The normalized spacial score (nSPS) is 12.2. The molecule has 0 atom stereocenters. The van der Waals surface area contributed by atoms with Gasteiger partial charge in [-0.2, -0.15) is 0 Å². The van der Waals surface area contributed by atoms with E-state index in [2.05, 4.69) is 10.6 Å². The van der Waals surface area contributed by atoms with Crippen LogP contribution >= 0.6 is 23.1 Å². The zero-order valence-electron chi connectivity index (χ0n) is 16.2. The Morgan fingerprint density at radius 3 is 2.62 bits per heavy atom. The van der Waals surface area contributed by atoms with Crippen molar-refractivity contribution in [2.45, 2.75) is 31.1 Å². The van der Waals surface area contributed by atoms with E-state index in [0.29, 0.717) is 10.6 Å². The molecule has 2 N–H and O–H groups in total. The van der Waals surface area contributed by atoms with Crippen molar-refractivity contribution in [3.63, 3.8) is 0 Å². The maximum absolute atomic E-state index is 12.6. The predicted molar refractivity (Wildman–Crippen MR) is 113 cm³/mol. The molecule has 1 aliphatic rings. The first-order valence-electron chi connectivity index (χ1n) is 9.21. The Labute approximate surface area is 177 Å². The first-order chi connectivity index (χ1) is 14.0. The second-order valence-electron chi connectivity index (χ2n) is 6.25. The minimum Gasteiger partial charge on any atom is -0.497 e. The number of ether oxygens (including phenoxy) is 2. The van der Waals surface area contributed by atoms with E-state index < -0.39 is 12.0 Å². The van der Waals surface area contributed by atoms with Gasteiger partial charge >= 0.3 is 6.09 Å². The van der Waals surface area contributed by atoms with Crippen molar-refractivity contribution in [3.8, 4) is 5.75 Å². The summed E-state index contributed by atoms with van der Waals surface area (Å²) in [6.07, 6.45) is 1.80. The number of rotatable bonds is 7. The van der Waals surface area contributed by atoms with E-state index in [0.717, 1.165) is 40.3 Å². The Morgan fingerprint density at radius 2 is 1.93 bits per heavy atom. The van der Waals surface area contributed by atoms with Gasteiger partial charge in [0.05, 0.1) is 25.0 Å². The lowest BCUT2D eigenvalue weighted by atomic mass is 10.1. The van der Waals surface area contributed by atoms with Gasteiger partial charge in [-0.1, -0.05) is 0 Å². The summed E-state index contributed by atoms with van der Waals surface area (Å²) in [4.78, 5) is 38.7. The zero-order chi connectivity index (χ0) is 20.8. The van der Waals surface area contributed by atoms with Crippen molar-refractivity contribution in [2.24, 2.45) is 0 Å². The van der Waals surface area contributed by atoms with Gasteiger partial charge in [0.1, 0.15) is 10.8 Å². The first kappa shape index (κ1) is 21.2. The number of nitrogens with one attached hydrogen (secondary N) is 2. The van der Waals surface area contributed by atoms with Crippen LogP contribution in [0.4, 0.5) is 9.80 Å². The van der Waals surface area contributed by atoms with Crippen molar-refractivity contribution in [3.05, 3.63) is 40.3 Å². The molecule has 0 fully saturated rings. The van der Waals surface area contributed by atoms with Crippen LogP contribution in [-0.2, 0) is 22.4 Å². The molecule has 154 valence electrons. The highest BCUT2D eigenvalue weighted by Gasteiger charge is 2.28. The molecule has 0 unspecified atom stereocenters. The van der Waals surface area contributed by atoms with Gasteiger partial charge in [-0.3, -0.25) is 14.9 Å². The summed E-state index contributed by atoms with van der Waals surface area (Å²) in [5.41, 5.74) is 1.29. The summed E-state index contributed by atoms with van der Waals surface area (Å²) < 4.78 is 9.91. The number of thioether (sulfide) groups is 1. The number of carbonyl (C=O) groups is 3.